The molecule has 3 aromatic carbocycles. The second kappa shape index (κ2) is 10.7. The van der Waals surface area contributed by atoms with Gasteiger partial charge in [0.25, 0.3) is 0 Å². The molecule has 0 heterocycles. The summed E-state index contributed by atoms with van der Waals surface area (Å²) in [6.07, 6.45) is -0.574. The Bertz CT molecular complexity index is 1130. The van der Waals surface area contributed by atoms with E-state index < -0.39 is 25.0 Å². The number of nitrogens with one attached hydrogen (secondary N) is 1. The van der Waals surface area contributed by atoms with Crippen LogP contribution in [-0.2, 0) is 9.30 Å². The second-order valence-electron chi connectivity index (χ2n) is 8.83. The fourth-order valence-electron chi connectivity index (χ4n) is 3.39. The minimum absolute atomic E-state index is 0.476. The minimum atomic E-state index is -3.44. The van der Waals surface area contributed by atoms with Gasteiger partial charge < -0.3 is 14.8 Å². The highest BCUT2D eigenvalue weighted by Crippen LogP contribution is 2.46. The molecule has 0 fully saturated rings. The predicted molar refractivity (Wildman–Crippen MR) is 138 cm³/mol. The van der Waals surface area contributed by atoms with Crippen molar-refractivity contribution in [1.82, 2.24) is 5.32 Å². The Morgan fingerprint density at radius 3 is 1.82 bits per heavy atom. The molecular formula is C27H31N2O4P. The molecule has 1 N–H and O–H groups in total. The van der Waals surface area contributed by atoms with Gasteiger partial charge in [-0.2, -0.15) is 0 Å². The Balaban J connectivity index is 2.14. The molecule has 1 atom stereocenters. The normalized spacial score (nSPS) is 13.1. The smallest absolute Gasteiger partial charge is 0.408 e. The molecule has 0 bridgehead atoms. The third kappa shape index (κ3) is 6.36. The van der Waals surface area contributed by atoms with Crippen LogP contribution in [-0.4, -0.2) is 30.6 Å². The minimum Gasteiger partial charge on any atom is -0.497 e. The van der Waals surface area contributed by atoms with Crippen LogP contribution in [0.25, 0.3) is 0 Å². The van der Waals surface area contributed by atoms with Crippen molar-refractivity contribution in [2.75, 3.05) is 7.11 Å². The van der Waals surface area contributed by atoms with Crippen LogP contribution < -0.4 is 20.7 Å². The van der Waals surface area contributed by atoms with E-state index in [4.69, 9.17) is 14.2 Å². The molecule has 0 aliphatic rings. The van der Waals surface area contributed by atoms with Gasteiger partial charge in [-0.15, -0.1) is 0 Å². The number of hydrogen-bond acceptors (Lipinski definition) is 4. The van der Waals surface area contributed by atoms with Crippen LogP contribution in [0.4, 0.5) is 4.79 Å². The summed E-state index contributed by atoms with van der Waals surface area (Å²) in [6, 6.07) is 25.1. The molecule has 178 valence electrons. The Kier molecular flexibility index (Phi) is 7.95. The molecule has 0 saturated heterocycles. The molecule has 0 radical (unpaired) electrons. The largest absolute Gasteiger partial charge is 0.497 e. The SMILES string of the molecule is COc1ccc(/C(=N/P(=O)(c2ccccc2)c2ccccc2)[C@H](C)NC(=O)OC(C)(C)C)cc1. The Hall–Kier alpha value is -3.37. The number of nitrogens with zero attached hydrogens (tertiary/aromatic N) is 1. The molecule has 0 spiro atoms. The number of benzene rings is 3. The molecule has 1 amide bonds. The summed E-state index contributed by atoms with van der Waals surface area (Å²) in [4.78, 5) is 12.5. The maximum absolute atomic E-state index is 14.6. The molecule has 0 aliphatic heterocycles. The highest BCUT2D eigenvalue weighted by molar-refractivity contribution is 7.77. The first-order chi connectivity index (χ1) is 16.1. The van der Waals surface area contributed by atoms with E-state index in [1.165, 1.54) is 0 Å². The molecule has 6 nitrogen and oxygen atoms in total. The summed E-state index contributed by atoms with van der Waals surface area (Å²) in [5.41, 5.74) is 0.547. The first-order valence-electron chi connectivity index (χ1n) is 11.1. The van der Waals surface area contributed by atoms with E-state index in [2.05, 4.69) is 5.32 Å². The topological polar surface area (TPSA) is 77.0 Å². The standard InChI is InChI=1S/C27H31N2O4P/c1-20(28-26(30)33-27(2,3)4)25(21-16-18-22(32-5)19-17-21)29-34(31,23-12-8-6-9-13-23)24-14-10-7-11-15-24/h6-20H,1-5H3,(H,28,30)/b29-25+/t20-/m0/s1. The van der Waals surface area contributed by atoms with E-state index in [9.17, 15) is 9.36 Å². The fraction of sp³-hybridized carbons (Fsp3) is 0.259. The van der Waals surface area contributed by atoms with Crippen molar-refractivity contribution in [2.45, 2.75) is 39.3 Å². The highest BCUT2D eigenvalue weighted by atomic mass is 31.2. The van der Waals surface area contributed by atoms with Gasteiger partial charge in [0.2, 0.25) is 7.29 Å². The van der Waals surface area contributed by atoms with E-state index >= 15 is 0 Å². The number of carbonyl (C=O) groups is 1. The van der Waals surface area contributed by atoms with Crippen molar-refractivity contribution in [3.05, 3.63) is 90.5 Å². The lowest BCUT2D eigenvalue weighted by atomic mass is 10.0. The van der Waals surface area contributed by atoms with Crippen molar-refractivity contribution in [2.24, 2.45) is 4.76 Å². The summed E-state index contributed by atoms with van der Waals surface area (Å²) in [6.45, 7) is 7.20. The number of methoxy groups -OCH3 is 1. The third-order valence-corrected chi connectivity index (χ3v) is 7.48. The van der Waals surface area contributed by atoms with Gasteiger partial charge >= 0.3 is 6.09 Å². The van der Waals surface area contributed by atoms with E-state index in [0.29, 0.717) is 22.1 Å². The van der Waals surface area contributed by atoms with Crippen molar-refractivity contribution < 1.29 is 18.8 Å². The lowest BCUT2D eigenvalue weighted by molar-refractivity contribution is 0.0521. The molecule has 3 rings (SSSR count). The lowest BCUT2D eigenvalue weighted by Crippen LogP contribution is -2.42. The predicted octanol–water partition coefficient (Wildman–Crippen LogP) is 5.33. The number of hydrogen-bond donors (Lipinski definition) is 1. The van der Waals surface area contributed by atoms with Crippen LogP contribution in [0, 0.1) is 0 Å². The Morgan fingerprint density at radius 1 is 0.882 bits per heavy atom. The highest BCUT2D eigenvalue weighted by Gasteiger charge is 2.30. The summed E-state index contributed by atoms with van der Waals surface area (Å²) < 4.78 is 30.2. The van der Waals surface area contributed by atoms with Gasteiger partial charge in [0.05, 0.1) is 18.9 Å². The Labute approximate surface area is 201 Å². The van der Waals surface area contributed by atoms with E-state index in [0.717, 1.165) is 5.56 Å². The van der Waals surface area contributed by atoms with Crippen LogP contribution in [0.2, 0.25) is 0 Å². The van der Waals surface area contributed by atoms with E-state index in [1.54, 1.807) is 46.9 Å². The number of carbonyl (C=O) groups excluding carboxylic acids is 1. The first-order valence-corrected chi connectivity index (χ1v) is 12.7. The molecule has 34 heavy (non-hydrogen) atoms. The van der Waals surface area contributed by atoms with Crippen LogP contribution in [0.1, 0.15) is 33.3 Å². The monoisotopic (exact) mass is 478 g/mol. The average molecular weight is 479 g/mol. The summed E-state index contributed by atoms with van der Waals surface area (Å²) in [7, 11) is -1.85. The zero-order valence-corrected chi connectivity index (χ0v) is 21.1. The maximum Gasteiger partial charge on any atom is 0.408 e. The van der Waals surface area contributed by atoms with E-state index in [1.807, 2.05) is 72.8 Å². The zero-order valence-electron chi connectivity index (χ0n) is 20.2. The Morgan fingerprint density at radius 2 is 1.38 bits per heavy atom. The molecule has 0 unspecified atom stereocenters. The van der Waals surface area contributed by atoms with Gasteiger partial charge in [0, 0.05) is 10.6 Å². The maximum atomic E-state index is 14.6. The van der Waals surface area contributed by atoms with Crippen molar-refractivity contribution in [3.63, 3.8) is 0 Å². The van der Waals surface area contributed by atoms with Gasteiger partial charge in [0.1, 0.15) is 11.4 Å². The third-order valence-electron chi connectivity index (χ3n) is 4.99. The van der Waals surface area contributed by atoms with Crippen LogP contribution in [0.3, 0.4) is 0 Å². The van der Waals surface area contributed by atoms with Crippen molar-refractivity contribution in [3.8, 4) is 5.75 Å². The molecule has 0 aromatic heterocycles. The molecule has 7 heteroatoms. The van der Waals surface area contributed by atoms with Gasteiger partial charge in [-0.25, -0.2) is 9.56 Å². The van der Waals surface area contributed by atoms with Crippen LogP contribution in [0.5, 0.6) is 5.75 Å². The van der Waals surface area contributed by atoms with Crippen molar-refractivity contribution in [1.29, 1.82) is 0 Å². The lowest BCUT2D eigenvalue weighted by Gasteiger charge is -2.24. The summed E-state index contributed by atoms with van der Waals surface area (Å²) >= 11 is 0. The molecule has 0 aliphatic carbocycles. The van der Waals surface area contributed by atoms with Gasteiger partial charge in [-0.3, -0.25) is 4.57 Å². The second-order valence-corrected chi connectivity index (χ2v) is 11.2. The van der Waals surface area contributed by atoms with E-state index in [-0.39, 0.29) is 0 Å². The van der Waals surface area contributed by atoms with Crippen LogP contribution in [0.15, 0.2) is 89.7 Å². The van der Waals surface area contributed by atoms with Crippen molar-refractivity contribution >= 4 is 29.7 Å². The number of alkyl carbamates (subject to hydrolysis) is 1. The number of amides is 1. The summed E-state index contributed by atoms with van der Waals surface area (Å²) in [5, 5.41) is 4.06. The molecule has 0 saturated carbocycles. The molecular weight excluding hydrogens is 447 g/mol. The zero-order chi connectivity index (χ0) is 24.8. The quantitative estimate of drug-likeness (QED) is 0.368. The first kappa shape index (κ1) is 25.3. The van der Waals surface area contributed by atoms with Gasteiger partial charge in [-0.05, 0) is 81.8 Å². The van der Waals surface area contributed by atoms with Gasteiger partial charge in [-0.1, -0.05) is 36.4 Å². The fourth-order valence-corrected chi connectivity index (χ4v) is 5.66. The molecule has 3 aromatic rings. The summed E-state index contributed by atoms with van der Waals surface area (Å²) in [5.74, 6) is 0.685. The number of ether oxygens (including phenoxy) is 2. The van der Waals surface area contributed by atoms with Gasteiger partial charge in [0.15, 0.2) is 0 Å². The van der Waals surface area contributed by atoms with Crippen LogP contribution >= 0.6 is 7.29 Å². The number of rotatable bonds is 7. The average Bonchev–Trinajstić information content (AvgIpc) is 2.82.